The third kappa shape index (κ3) is 7.77. The quantitative estimate of drug-likeness (QED) is 0.445. The second kappa shape index (κ2) is 8.54. The summed E-state index contributed by atoms with van der Waals surface area (Å²) in [5.74, 6) is 0.861. The fourth-order valence-corrected chi connectivity index (χ4v) is 3.52. The van der Waals surface area contributed by atoms with Gasteiger partial charge < -0.3 is 0 Å². The summed E-state index contributed by atoms with van der Waals surface area (Å²) in [6.07, 6.45) is 1.56. The molecular weight excluding hydrogens is 288 g/mol. The van der Waals surface area contributed by atoms with Crippen LogP contribution in [0.15, 0.2) is 10.2 Å². The van der Waals surface area contributed by atoms with Gasteiger partial charge in [0.25, 0.3) is 0 Å². The molecule has 0 heterocycles. The highest BCUT2D eigenvalue weighted by atomic mass is 32.2. The van der Waals surface area contributed by atoms with Crippen molar-refractivity contribution < 1.29 is 0 Å². The molecule has 112 valence electrons. The van der Waals surface area contributed by atoms with Crippen molar-refractivity contribution in [1.82, 2.24) is 0 Å². The van der Waals surface area contributed by atoms with E-state index in [1.807, 2.05) is 13.8 Å². The maximum atomic E-state index is 8.95. The lowest BCUT2D eigenvalue weighted by Crippen LogP contribution is -2.23. The van der Waals surface area contributed by atoms with Gasteiger partial charge in [-0.25, -0.2) is 0 Å². The fraction of sp³-hybridized carbons (Fsp3) is 0.857. The van der Waals surface area contributed by atoms with Gasteiger partial charge in [-0.1, -0.05) is 27.7 Å². The zero-order valence-corrected chi connectivity index (χ0v) is 14.8. The lowest BCUT2D eigenvalue weighted by Gasteiger charge is -2.26. The van der Waals surface area contributed by atoms with Gasteiger partial charge in [0.1, 0.15) is 20.5 Å². The highest BCUT2D eigenvalue weighted by molar-refractivity contribution is 8.05. The van der Waals surface area contributed by atoms with Crippen molar-refractivity contribution in [2.24, 2.45) is 22.1 Å². The molecule has 2 atom stereocenters. The molecule has 0 aromatic rings. The standard InChI is InChI=1S/C14H24N4S2/c1-11(2)7-13(5,19-9-15)17-18-14(6,20-10-16)8-12(3)4/h11-12H,7-8H2,1-6H3. The summed E-state index contributed by atoms with van der Waals surface area (Å²) in [5, 5.41) is 31.0. The van der Waals surface area contributed by atoms with Gasteiger partial charge in [0.15, 0.2) is 0 Å². The second-order valence-corrected chi connectivity index (χ2v) is 8.67. The minimum atomic E-state index is -0.544. The molecule has 0 saturated heterocycles. The van der Waals surface area contributed by atoms with Crippen LogP contribution in [0.5, 0.6) is 0 Å². The fourth-order valence-electron chi connectivity index (χ4n) is 2.13. The molecule has 0 aliphatic rings. The number of hydrogen-bond donors (Lipinski definition) is 0. The van der Waals surface area contributed by atoms with E-state index in [2.05, 4.69) is 48.7 Å². The summed E-state index contributed by atoms with van der Waals surface area (Å²) < 4.78 is 0. The van der Waals surface area contributed by atoms with Crippen molar-refractivity contribution in [2.75, 3.05) is 0 Å². The molecule has 0 rings (SSSR count). The maximum absolute atomic E-state index is 8.95. The minimum absolute atomic E-state index is 0.430. The van der Waals surface area contributed by atoms with Gasteiger partial charge in [-0.3, -0.25) is 0 Å². The van der Waals surface area contributed by atoms with E-state index >= 15 is 0 Å². The van der Waals surface area contributed by atoms with Crippen molar-refractivity contribution in [2.45, 2.75) is 64.1 Å². The molecule has 0 fully saturated rings. The van der Waals surface area contributed by atoms with Crippen LogP contribution >= 0.6 is 23.5 Å². The van der Waals surface area contributed by atoms with Crippen LogP contribution in [0, 0.1) is 33.2 Å². The molecule has 6 heteroatoms. The van der Waals surface area contributed by atoms with Crippen LogP contribution in [0.4, 0.5) is 0 Å². The Labute approximate surface area is 131 Å². The molecule has 4 nitrogen and oxygen atoms in total. The summed E-state index contributed by atoms with van der Waals surface area (Å²) in [4.78, 5) is -1.09. The van der Waals surface area contributed by atoms with E-state index in [1.54, 1.807) is 0 Å². The minimum Gasteiger partial charge on any atom is -0.185 e. The number of rotatable bonds is 8. The Morgan fingerprint density at radius 3 is 1.35 bits per heavy atom. The van der Waals surface area contributed by atoms with Crippen LogP contribution in [0.1, 0.15) is 54.4 Å². The van der Waals surface area contributed by atoms with Crippen molar-refractivity contribution in [3.63, 3.8) is 0 Å². The predicted octanol–water partition coefficient (Wildman–Crippen LogP) is 5.39. The monoisotopic (exact) mass is 312 g/mol. The molecule has 0 aliphatic carbocycles. The van der Waals surface area contributed by atoms with Crippen LogP contribution in [-0.2, 0) is 0 Å². The van der Waals surface area contributed by atoms with Gasteiger partial charge in [0.05, 0.1) is 0 Å². The van der Waals surface area contributed by atoms with E-state index in [0.717, 1.165) is 36.4 Å². The van der Waals surface area contributed by atoms with Gasteiger partial charge in [0.2, 0.25) is 0 Å². The van der Waals surface area contributed by atoms with E-state index in [1.165, 1.54) is 0 Å². The van der Waals surface area contributed by atoms with Crippen LogP contribution in [-0.4, -0.2) is 9.74 Å². The number of nitrogens with zero attached hydrogens (tertiary/aromatic N) is 4. The van der Waals surface area contributed by atoms with E-state index in [-0.39, 0.29) is 0 Å². The largest absolute Gasteiger partial charge is 0.185 e. The average Bonchev–Trinajstić information content (AvgIpc) is 2.25. The van der Waals surface area contributed by atoms with Gasteiger partial charge in [-0.2, -0.15) is 20.8 Å². The lowest BCUT2D eigenvalue weighted by molar-refractivity contribution is 0.430. The van der Waals surface area contributed by atoms with Crippen molar-refractivity contribution >= 4 is 23.5 Å². The van der Waals surface area contributed by atoms with Crippen molar-refractivity contribution in [3.05, 3.63) is 0 Å². The number of azo groups is 1. The molecule has 0 aromatic heterocycles. The van der Waals surface area contributed by atoms with Gasteiger partial charge in [-0.15, -0.1) is 0 Å². The zero-order valence-electron chi connectivity index (χ0n) is 13.2. The maximum Gasteiger partial charge on any atom is 0.138 e. The molecule has 0 amide bonds. The first-order valence-electron chi connectivity index (χ1n) is 6.74. The normalized spacial score (nSPS) is 17.7. The van der Waals surface area contributed by atoms with E-state index in [4.69, 9.17) is 10.5 Å². The van der Waals surface area contributed by atoms with Crippen LogP contribution in [0.3, 0.4) is 0 Å². The van der Waals surface area contributed by atoms with E-state index in [0.29, 0.717) is 11.8 Å². The Hall–Kier alpha value is -0.720. The first-order chi connectivity index (χ1) is 9.16. The van der Waals surface area contributed by atoms with Crippen LogP contribution in [0.2, 0.25) is 0 Å². The van der Waals surface area contributed by atoms with E-state index in [9.17, 15) is 0 Å². The molecule has 0 aliphatic heterocycles. The Morgan fingerprint density at radius 2 is 1.15 bits per heavy atom. The SMILES string of the molecule is CC(C)CC(C)(N=NC(C)(CC(C)C)SC#N)SC#N. The Bertz CT molecular complexity index is 370. The summed E-state index contributed by atoms with van der Waals surface area (Å²) in [7, 11) is 0. The summed E-state index contributed by atoms with van der Waals surface area (Å²) in [6.45, 7) is 12.3. The first kappa shape index (κ1) is 19.3. The molecule has 2 unspecified atom stereocenters. The summed E-state index contributed by atoms with van der Waals surface area (Å²) >= 11 is 2.28. The summed E-state index contributed by atoms with van der Waals surface area (Å²) in [6, 6.07) is 0. The van der Waals surface area contributed by atoms with E-state index < -0.39 is 9.74 Å². The third-order valence-electron chi connectivity index (χ3n) is 2.58. The highest BCUT2D eigenvalue weighted by Gasteiger charge is 2.31. The van der Waals surface area contributed by atoms with Crippen molar-refractivity contribution in [3.8, 4) is 10.8 Å². The van der Waals surface area contributed by atoms with Crippen LogP contribution < -0.4 is 0 Å². The molecule has 0 bridgehead atoms. The Balaban J connectivity index is 5.15. The third-order valence-corrected chi connectivity index (χ3v) is 4.14. The predicted molar refractivity (Wildman–Crippen MR) is 87.0 cm³/mol. The first-order valence-corrected chi connectivity index (χ1v) is 8.38. The highest BCUT2D eigenvalue weighted by Crippen LogP contribution is 2.38. The summed E-state index contributed by atoms with van der Waals surface area (Å²) in [5.41, 5.74) is 0. The molecule has 0 N–H and O–H groups in total. The second-order valence-electron chi connectivity index (χ2n) is 6.13. The Morgan fingerprint density at radius 1 is 0.850 bits per heavy atom. The molecule has 0 radical (unpaired) electrons. The van der Waals surface area contributed by atoms with Gasteiger partial charge >= 0.3 is 0 Å². The Kier molecular flexibility index (Phi) is 8.23. The average molecular weight is 313 g/mol. The smallest absolute Gasteiger partial charge is 0.138 e. The molecule has 0 saturated carbocycles. The van der Waals surface area contributed by atoms with Gasteiger partial charge in [-0.05, 0) is 62.0 Å². The van der Waals surface area contributed by atoms with Gasteiger partial charge in [0, 0.05) is 0 Å². The number of thioether (sulfide) groups is 2. The van der Waals surface area contributed by atoms with Crippen molar-refractivity contribution in [1.29, 1.82) is 10.5 Å². The number of thiocyanates is 2. The van der Waals surface area contributed by atoms with Crippen LogP contribution in [0.25, 0.3) is 0 Å². The zero-order chi connectivity index (χ0) is 15.8. The lowest BCUT2D eigenvalue weighted by atomic mass is 10.0. The molecule has 0 spiro atoms. The number of hydrogen-bond acceptors (Lipinski definition) is 6. The molecule has 20 heavy (non-hydrogen) atoms. The molecular formula is C14H24N4S2. The topological polar surface area (TPSA) is 72.3 Å². The number of nitriles is 2. The molecule has 0 aromatic carbocycles.